The molecule has 0 bridgehead atoms. The zero-order valence-electron chi connectivity index (χ0n) is 11.5. The fourth-order valence-corrected chi connectivity index (χ4v) is 2.25. The predicted octanol–water partition coefficient (Wildman–Crippen LogP) is 1.30. The molecule has 1 aromatic heterocycles. The number of hydrogen-bond donors (Lipinski definition) is 2. The summed E-state index contributed by atoms with van der Waals surface area (Å²) in [5.41, 5.74) is 0. The molecule has 20 heavy (non-hydrogen) atoms. The number of nitrogens with one attached hydrogen (secondary N) is 1. The van der Waals surface area contributed by atoms with Crippen LogP contribution in [-0.4, -0.2) is 47.8 Å². The summed E-state index contributed by atoms with van der Waals surface area (Å²) >= 11 is 0. The Morgan fingerprint density at radius 3 is 2.80 bits per heavy atom. The monoisotopic (exact) mass is 282 g/mol. The fourth-order valence-electron chi connectivity index (χ4n) is 2.25. The molecule has 0 spiro atoms. The number of furan rings is 1. The molecular weight excluding hydrogens is 264 g/mol. The van der Waals surface area contributed by atoms with Crippen molar-refractivity contribution in [3.63, 3.8) is 0 Å². The van der Waals surface area contributed by atoms with Gasteiger partial charge in [0.1, 0.15) is 5.76 Å². The number of aromatic carboxylic acids is 1. The Morgan fingerprint density at radius 1 is 1.50 bits per heavy atom. The number of hydrogen-bond acceptors (Lipinski definition) is 4. The summed E-state index contributed by atoms with van der Waals surface area (Å²) in [4.78, 5) is 24.3. The Kier molecular flexibility index (Phi) is 4.29. The topological polar surface area (TPSA) is 92.0 Å². The number of nitrogens with zero attached hydrogens (tertiary/aromatic N) is 1. The van der Waals surface area contributed by atoms with Crippen molar-refractivity contribution in [2.75, 3.05) is 13.7 Å². The molecule has 2 rings (SSSR count). The lowest BCUT2D eigenvalue weighted by molar-refractivity contribution is 0.0660. The van der Waals surface area contributed by atoms with Gasteiger partial charge in [-0.15, -0.1) is 0 Å². The number of urea groups is 1. The average Bonchev–Trinajstić information content (AvgIpc) is 3.03. The van der Waals surface area contributed by atoms with E-state index < -0.39 is 5.97 Å². The van der Waals surface area contributed by atoms with Crippen molar-refractivity contribution in [3.05, 3.63) is 23.7 Å². The summed E-state index contributed by atoms with van der Waals surface area (Å²) < 4.78 is 10.5. The molecule has 2 N–H and O–H groups in total. The highest BCUT2D eigenvalue weighted by atomic mass is 16.5. The van der Waals surface area contributed by atoms with Crippen molar-refractivity contribution < 1.29 is 23.8 Å². The third-order valence-electron chi connectivity index (χ3n) is 3.44. The van der Waals surface area contributed by atoms with Crippen molar-refractivity contribution in [2.24, 2.45) is 0 Å². The molecule has 0 radical (unpaired) electrons. The molecule has 2 heterocycles. The largest absolute Gasteiger partial charge is 0.475 e. The van der Waals surface area contributed by atoms with E-state index in [1.807, 2.05) is 6.92 Å². The van der Waals surface area contributed by atoms with Crippen LogP contribution in [0.5, 0.6) is 0 Å². The van der Waals surface area contributed by atoms with Gasteiger partial charge in [-0.05, 0) is 25.5 Å². The maximum atomic E-state index is 12.0. The molecule has 0 saturated carbocycles. The van der Waals surface area contributed by atoms with Crippen LogP contribution in [0.15, 0.2) is 16.5 Å². The molecule has 1 aliphatic heterocycles. The van der Waals surface area contributed by atoms with Gasteiger partial charge in [0.2, 0.25) is 5.76 Å². The first-order valence-electron chi connectivity index (χ1n) is 6.43. The van der Waals surface area contributed by atoms with Crippen LogP contribution >= 0.6 is 0 Å². The quantitative estimate of drug-likeness (QED) is 0.868. The van der Waals surface area contributed by atoms with E-state index in [1.54, 1.807) is 11.9 Å². The van der Waals surface area contributed by atoms with Crippen LogP contribution < -0.4 is 5.32 Å². The molecule has 0 aromatic carbocycles. The van der Waals surface area contributed by atoms with Crippen molar-refractivity contribution >= 4 is 12.0 Å². The van der Waals surface area contributed by atoms with Crippen LogP contribution in [0.2, 0.25) is 0 Å². The van der Waals surface area contributed by atoms with Crippen molar-refractivity contribution in [3.8, 4) is 0 Å². The summed E-state index contributed by atoms with van der Waals surface area (Å²) in [6.07, 6.45) is 0.836. The lowest BCUT2D eigenvalue weighted by atomic mass is 10.1. The van der Waals surface area contributed by atoms with Gasteiger partial charge < -0.3 is 24.5 Å². The van der Waals surface area contributed by atoms with Gasteiger partial charge in [0, 0.05) is 13.7 Å². The third-order valence-corrected chi connectivity index (χ3v) is 3.44. The normalized spacial score (nSPS) is 21.7. The average molecular weight is 282 g/mol. The Balaban J connectivity index is 1.86. The summed E-state index contributed by atoms with van der Waals surface area (Å²) in [7, 11) is 1.72. The van der Waals surface area contributed by atoms with Gasteiger partial charge in [0.25, 0.3) is 0 Å². The molecule has 1 aromatic rings. The fraction of sp³-hybridized carbons (Fsp3) is 0.538. The van der Waals surface area contributed by atoms with Gasteiger partial charge in [-0.3, -0.25) is 0 Å². The van der Waals surface area contributed by atoms with Gasteiger partial charge >= 0.3 is 12.0 Å². The van der Waals surface area contributed by atoms with Gasteiger partial charge in [-0.1, -0.05) is 0 Å². The second-order valence-electron chi connectivity index (χ2n) is 4.77. The van der Waals surface area contributed by atoms with E-state index in [1.165, 1.54) is 12.1 Å². The van der Waals surface area contributed by atoms with Gasteiger partial charge in [0.05, 0.1) is 18.7 Å². The highest BCUT2D eigenvalue weighted by molar-refractivity contribution is 5.84. The van der Waals surface area contributed by atoms with E-state index in [0.29, 0.717) is 12.4 Å². The number of likely N-dealkylation sites (N-methyl/N-ethyl adjacent to an activating group) is 1. The highest BCUT2D eigenvalue weighted by Crippen LogP contribution is 2.18. The lowest BCUT2D eigenvalue weighted by Crippen LogP contribution is -2.46. The number of carboxylic acids is 1. The summed E-state index contributed by atoms with van der Waals surface area (Å²) in [5, 5.41) is 11.4. The Morgan fingerprint density at radius 2 is 2.25 bits per heavy atom. The zero-order valence-corrected chi connectivity index (χ0v) is 11.5. The minimum Gasteiger partial charge on any atom is -0.475 e. The molecule has 1 aliphatic rings. The van der Waals surface area contributed by atoms with E-state index in [0.717, 1.165) is 6.42 Å². The zero-order chi connectivity index (χ0) is 14.7. The van der Waals surface area contributed by atoms with Crippen LogP contribution in [0.3, 0.4) is 0 Å². The van der Waals surface area contributed by atoms with Gasteiger partial charge in [-0.25, -0.2) is 9.59 Å². The van der Waals surface area contributed by atoms with E-state index in [2.05, 4.69) is 5.32 Å². The first-order chi connectivity index (χ1) is 9.49. The molecule has 7 nitrogen and oxygen atoms in total. The summed E-state index contributed by atoms with van der Waals surface area (Å²) in [5.74, 6) is -0.864. The maximum Gasteiger partial charge on any atom is 0.371 e. The standard InChI is InChI=1S/C13H18N2O5/c1-8-10(5-6-19-8)15(2)13(18)14-7-9-3-4-11(20-9)12(16)17/h3-4,8,10H,5-7H2,1-2H3,(H,14,18)(H,16,17). The number of carboxylic acid groups (broad SMARTS) is 1. The Bertz CT molecular complexity index is 499. The number of carbonyl (C=O) groups excluding carboxylic acids is 1. The highest BCUT2D eigenvalue weighted by Gasteiger charge is 2.30. The van der Waals surface area contributed by atoms with Crippen LogP contribution in [0.25, 0.3) is 0 Å². The molecule has 2 amide bonds. The molecule has 0 aliphatic carbocycles. The van der Waals surface area contributed by atoms with Crippen LogP contribution in [0, 0.1) is 0 Å². The molecule has 1 saturated heterocycles. The van der Waals surface area contributed by atoms with Crippen LogP contribution in [-0.2, 0) is 11.3 Å². The van der Waals surface area contributed by atoms with Crippen molar-refractivity contribution in [2.45, 2.75) is 32.0 Å². The second-order valence-corrected chi connectivity index (χ2v) is 4.77. The molecule has 1 fully saturated rings. The summed E-state index contributed by atoms with van der Waals surface area (Å²) in [6, 6.07) is 2.72. The number of amides is 2. The Labute approximate surface area is 116 Å². The lowest BCUT2D eigenvalue weighted by Gasteiger charge is -2.26. The molecular formula is C13H18N2O5. The number of rotatable bonds is 4. The first-order valence-corrected chi connectivity index (χ1v) is 6.43. The van der Waals surface area contributed by atoms with E-state index in [9.17, 15) is 9.59 Å². The number of carbonyl (C=O) groups is 2. The maximum absolute atomic E-state index is 12.0. The minimum atomic E-state index is -1.13. The Hall–Kier alpha value is -2.02. The van der Waals surface area contributed by atoms with E-state index in [-0.39, 0.29) is 30.5 Å². The van der Waals surface area contributed by atoms with E-state index >= 15 is 0 Å². The minimum absolute atomic E-state index is 0.0213. The first kappa shape index (κ1) is 14.4. The third kappa shape index (κ3) is 3.11. The molecule has 7 heteroatoms. The predicted molar refractivity (Wildman–Crippen MR) is 69.5 cm³/mol. The molecule has 2 unspecified atom stereocenters. The number of ether oxygens (including phenoxy) is 1. The van der Waals surface area contributed by atoms with Crippen LogP contribution in [0.4, 0.5) is 4.79 Å². The van der Waals surface area contributed by atoms with Crippen LogP contribution in [0.1, 0.15) is 29.7 Å². The van der Waals surface area contributed by atoms with Gasteiger partial charge in [0.15, 0.2) is 0 Å². The summed E-state index contributed by atoms with van der Waals surface area (Å²) in [6.45, 7) is 2.75. The SMILES string of the molecule is CC1OCCC1N(C)C(=O)NCc1ccc(C(=O)O)o1. The second kappa shape index (κ2) is 5.96. The molecule has 110 valence electrons. The van der Waals surface area contributed by atoms with Gasteiger partial charge in [-0.2, -0.15) is 0 Å². The smallest absolute Gasteiger partial charge is 0.371 e. The van der Waals surface area contributed by atoms with E-state index in [4.69, 9.17) is 14.3 Å². The van der Waals surface area contributed by atoms with Crippen molar-refractivity contribution in [1.29, 1.82) is 0 Å². The van der Waals surface area contributed by atoms with Crippen molar-refractivity contribution in [1.82, 2.24) is 10.2 Å². The molecule has 2 atom stereocenters.